The van der Waals surface area contributed by atoms with Gasteiger partial charge in [-0.05, 0) is 129 Å². The second-order valence-corrected chi connectivity index (χ2v) is 15.1. The largest absolute Gasteiger partial charge is 0.493 e. The normalized spacial score (nSPS) is 39.2. The Morgan fingerprint density at radius 1 is 1.05 bits per heavy atom. The third kappa shape index (κ3) is 4.05. The van der Waals surface area contributed by atoms with Crippen LogP contribution in [0.15, 0.2) is 17.7 Å². The molecule has 4 heteroatoms. The van der Waals surface area contributed by atoms with Crippen molar-refractivity contribution in [1.29, 1.82) is 0 Å². The van der Waals surface area contributed by atoms with Crippen LogP contribution in [0.3, 0.4) is 0 Å². The van der Waals surface area contributed by atoms with Crippen molar-refractivity contribution >= 4 is 5.97 Å². The number of fused-ring (bicyclic) bond motifs is 7. The summed E-state index contributed by atoms with van der Waals surface area (Å²) >= 11 is 0. The van der Waals surface area contributed by atoms with Gasteiger partial charge in [0, 0.05) is 18.9 Å². The van der Waals surface area contributed by atoms with E-state index in [4.69, 9.17) is 9.47 Å². The highest BCUT2D eigenvalue weighted by Gasteiger charge is 2.67. The number of nitrogens with zero attached hydrogens (tertiary/aromatic N) is 1. The first-order valence-corrected chi connectivity index (χ1v) is 15.4. The standard InChI is InChI=1S/C35H53NO3/c1-11-35-19-17-33(6)26-20-27(39-24(3)37)30(38-10)23(2)25(26)12-13-28(33)34(35,7)18-16-32(5)15-14-31(4,21-29(32)35)22-36(8)9/h13,20,29H,11-12,14-19,21-22H2,1-10H3/t29-,31-,32-,33+,34-,35+/m1/s1. The Balaban J connectivity index is 1.62. The van der Waals surface area contributed by atoms with Gasteiger partial charge in [0.2, 0.25) is 0 Å². The van der Waals surface area contributed by atoms with Crippen molar-refractivity contribution in [3.05, 3.63) is 34.4 Å². The predicted octanol–water partition coefficient (Wildman–Crippen LogP) is 8.03. The van der Waals surface area contributed by atoms with Crippen LogP contribution >= 0.6 is 0 Å². The van der Waals surface area contributed by atoms with Crippen molar-refractivity contribution in [3.8, 4) is 11.5 Å². The zero-order valence-electron chi connectivity index (χ0n) is 26.5. The van der Waals surface area contributed by atoms with Crippen molar-refractivity contribution in [3.63, 3.8) is 0 Å². The van der Waals surface area contributed by atoms with E-state index < -0.39 is 0 Å². The summed E-state index contributed by atoms with van der Waals surface area (Å²) < 4.78 is 11.5. The number of ether oxygens (including phenoxy) is 2. The summed E-state index contributed by atoms with van der Waals surface area (Å²) in [5.41, 5.74) is 6.75. The van der Waals surface area contributed by atoms with Gasteiger partial charge in [-0.15, -0.1) is 0 Å². The third-order valence-corrected chi connectivity index (χ3v) is 12.6. The van der Waals surface area contributed by atoms with Crippen LogP contribution in [0.5, 0.6) is 11.5 Å². The number of hydrogen-bond acceptors (Lipinski definition) is 4. The lowest BCUT2D eigenvalue weighted by atomic mass is 9.33. The van der Waals surface area contributed by atoms with Crippen LogP contribution in [0.25, 0.3) is 0 Å². The Morgan fingerprint density at radius 2 is 1.74 bits per heavy atom. The molecule has 0 bridgehead atoms. The van der Waals surface area contributed by atoms with Gasteiger partial charge in [0.15, 0.2) is 11.5 Å². The Bertz CT molecular complexity index is 1200. The van der Waals surface area contributed by atoms with Gasteiger partial charge in [-0.1, -0.05) is 46.3 Å². The quantitative estimate of drug-likeness (QED) is 0.217. The first-order valence-electron chi connectivity index (χ1n) is 15.4. The van der Waals surface area contributed by atoms with E-state index in [1.54, 1.807) is 12.7 Å². The SMILES string of the molecule is CC[C@@]12CC[C@]3(C)C(=CCc4c3cc(OC(C)=O)c(OC)c4C)[C@@]1(C)CC[C@@]1(C)CC[C@@](C)(CN(C)C)C[C@H]12. The second kappa shape index (κ2) is 9.36. The molecule has 3 saturated carbocycles. The van der Waals surface area contributed by atoms with Crippen LogP contribution in [-0.2, 0) is 16.6 Å². The number of allylic oxidation sites excluding steroid dienone is 2. The lowest BCUT2D eigenvalue weighted by Crippen LogP contribution is -2.63. The van der Waals surface area contributed by atoms with Crippen molar-refractivity contribution in [2.75, 3.05) is 27.7 Å². The van der Waals surface area contributed by atoms with Gasteiger partial charge in [-0.25, -0.2) is 0 Å². The smallest absolute Gasteiger partial charge is 0.308 e. The van der Waals surface area contributed by atoms with Crippen molar-refractivity contribution < 1.29 is 14.3 Å². The minimum absolute atomic E-state index is 0.0533. The van der Waals surface area contributed by atoms with Crippen LogP contribution < -0.4 is 9.47 Å². The van der Waals surface area contributed by atoms with E-state index in [-0.39, 0.29) is 16.8 Å². The maximum atomic E-state index is 12.0. The zero-order valence-corrected chi connectivity index (χ0v) is 26.5. The van der Waals surface area contributed by atoms with E-state index in [0.717, 1.165) is 24.3 Å². The van der Waals surface area contributed by atoms with Crippen LogP contribution in [-0.4, -0.2) is 38.6 Å². The van der Waals surface area contributed by atoms with Crippen LogP contribution in [0.1, 0.15) is 110 Å². The predicted molar refractivity (Wildman–Crippen MR) is 160 cm³/mol. The summed E-state index contributed by atoms with van der Waals surface area (Å²) in [5.74, 6) is 1.72. The molecular weight excluding hydrogens is 482 g/mol. The summed E-state index contributed by atoms with van der Waals surface area (Å²) in [6, 6.07) is 2.15. The van der Waals surface area contributed by atoms with Crippen LogP contribution in [0.4, 0.5) is 0 Å². The summed E-state index contributed by atoms with van der Waals surface area (Å²) in [6.45, 7) is 17.6. The van der Waals surface area contributed by atoms with E-state index in [1.807, 2.05) is 0 Å². The van der Waals surface area contributed by atoms with Crippen molar-refractivity contribution in [2.24, 2.45) is 27.6 Å². The molecule has 0 aliphatic heterocycles. The maximum absolute atomic E-state index is 12.0. The maximum Gasteiger partial charge on any atom is 0.308 e. The van der Waals surface area contributed by atoms with E-state index >= 15 is 0 Å². The highest BCUT2D eigenvalue weighted by Crippen LogP contribution is 2.75. The fourth-order valence-corrected chi connectivity index (χ4v) is 10.7. The van der Waals surface area contributed by atoms with Gasteiger partial charge in [0.1, 0.15) is 0 Å². The van der Waals surface area contributed by atoms with E-state index in [9.17, 15) is 4.79 Å². The van der Waals surface area contributed by atoms with Crippen molar-refractivity contribution in [2.45, 2.75) is 112 Å². The first-order chi connectivity index (χ1) is 18.2. The van der Waals surface area contributed by atoms with Crippen LogP contribution in [0.2, 0.25) is 0 Å². The molecule has 39 heavy (non-hydrogen) atoms. The highest BCUT2D eigenvalue weighted by molar-refractivity contribution is 5.72. The molecule has 1 aromatic rings. The summed E-state index contributed by atoms with van der Waals surface area (Å²) in [6.07, 6.45) is 13.9. The Labute approximate surface area is 237 Å². The molecule has 5 rings (SSSR count). The van der Waals surface area contributed by atoms with Gasteiger partial charge < -0.3 is 14.4 Å². The van der Waals surface area contributed by atoms with E-state index in [2.05, 4.69) is 72.7 Å². The fourth-order valence-electron chi connectivity index (χ4n) is 10.7. The summed E-state index contributed by atoms with van der Waals surface area (Å²) in [5, 5.41) is 0. The molecule has 0 aromatic heterocycles. The molecule has 0 unspecified atom stereocenters. The van der Waals surface area contributed by atoms with Crippen LogP contribution in [0, 0.1) is 34.5 Å². The first kappa shape index (κ1) is 28.7. The molecule has 0 N–H and O–H groups in total. The molecule has 4 aliphatic carbocycles. The number of benzene rings is 1. The van der Waals surface area contributed by atoms with E-state index in [0.29, 0.717) is 27.7 Å². The molecule has 0 amide bonds. The third-order valence-electron chi connectivity index (χ3n) is 12.6. The molecule has 1 aromatic carbocycles. The summed E-state index contributed by atoms with van der Waals surface area (Å²) in [7, 11) is 6.17. The number of carbonyl (C=O) groups excluding carboxylic acids is 1. The Morgan fingerprint density at radius 3 is 2.36 bits per heavy atom. The lowest BCUT2D eigenvalue weighted by Gasteiger charge is -2.71. The van der Waals surface area contributed by atoms with Gasteiger partial charge in [0.25, 0.3) is 0 Å². The van der Waals surface area contributed by atoms with Crippen molar-refractivity contribution in [1.82, 2.24) is 4.90 Å². The van der Waals surface area contributed by atoms with Gasteiger partial charge >= 0.3 is 5.97 Å². The molecular formula is C35H53NO3. The number of hydrogen-bond donors (Lipinski definition) is 0. The molecule has 4 aliphatic rings. The lowest BCUT2D eigenvalue weighted by molar-refractivity contribution is -0.171. The zero-order chi connectivity index (χ0) is 28.6. The number of esters is 1. The average molecular weight is 536 g/mol. The number of rotatable bonds is 5. The number of carbonyl (C=O) groups is 1. The molecule has 216 valence electrons. The Kier molecular flexibility index (Phi) is 6.89. The second-order valence-electron chi connectivity index (χ2n) is 15.1. The number of methoxy groups -OCH3 is 1. The topological polar surface area (TPSA) is 38.8 Å². The van der Waals surface area contributed by atoms with Gasteiger partial charge in [-0.3, -0.25) is 4.79 Å². The molecule has 0 saturated heterocycles. The fraction of sp³-hybridized carbons (Fsp3) is 0.743. The Hall–Kier alpha value is -1.81. The highest BCUT2D eigenvalue weighted by atomic mass is 16.6. The monoisotopic (exact) mass is 535 g/mol. The molecule has 0 radical (unpaired) electrons. The van der Waals surface area contributed by atoms with Gasteiger partial charge in [0.05, 0.1) is 7.11 Å². The molecule has 0 spiro atoms. The average Bonchev–Trinajstić information content (AvgIpc) is 2.85. The molecule has 0 heterocycles. The molecule has 4 nitrogen and oxygen atoms in total. The van der Waals surface area contributed by atoms with E-state index in [1.165, 1.54) is 69.5 Å². The minimum Gasteiger partial charge on any atom is -0.493 e. The minimum atomic E-state index is -0.297. The molecule has 6 atom stereocenters. The van der Waals surface area contributed by atoms with Gasteiger partial charge in [-0.2, -0.15) is 0 Å². The molecule has 3 fully saturated rings. The summed E-state index contributed by atoms with van der Waals surface area (Å²) in [4.78, 5) is 14.5.